The van der Waals surface area contributed by atoms with Crippen LogP contribution in [-0.2, 0) is 20.9 Å². The number of anilines is 1. The lowest BCUT2D eigenvalue weighted by atomic mass is 10.1. The summed E-state index contributed by atoms with van der Waals surface area (Å²) in [5.41, 5.74) is 1.68. The Bertz CT molecular complexity index is 1690. The van der Waals surface area contributed by atoms with E-state index in [0.29, 0.717) is 43.7 Å². The third-order valence-electron chi connectivity index (χ3n) is 6.10. The molecule has 4 rings (SSSR count). The average molecular weight is 804 g/mol. The zero-order chi connectivity index (χ0) is 32.7. The van der Waals surface area contributed by atoms with Crippen molar-refractivity contribution in [1.29, 1.82) is 0 Å². The predicted octanol–water partition coefficient (Wildman–Crippen LogP) is 8.47. The van der Waals surface area contributed by atoms with E-state index in [9.17, 15) is 19.2 Å². The monoisotopic (exact) mass is 802 g/mol. The van der Waals surface area contributed by atoms with E-state index in [0.717, 1.165) is 22.2 Å². The Morgan fingerprint density at radius 1 is 1.00 bits per heavy atom. The van der Waals surface area contributed by atoms with Crippen molar-refractivity contribution >= 4 is 104 Å². The van der Waals surface area contributed by atoms with Crippen molar-refractivity contribution in [3.05, 3.63) is 88.8 Å². The fourth-order valence-electron chi connectivity index (χ4n) is 4.03. The number of thioether (sulfide) groups is 1. The Hall–Kier alpha value is -2.97. The summed E-state index contributed by atoms with van der Waals surface area (Å²) in [7, 11) is 0. The van der Waals surface area contributed by atoms with Gasteiger partial charge in [0.25, 0.3) is 11.1 Å². The molecule has 236 valence electrons. The highest BCUT2D eigenvalue weighted by Gasteiger charge is 2.36. The number of carbonyl (C=O) groups excluding carboxylic acids is 4. The summed E-state index contributed by atoms with van der Waals surface area (Å²) in [6, 6.07) is 12.9. The minimum Gasteiger partial charge on any atom is -0.490 e. The lowest BCUT2D eigenvalue weighted by Crippen LogP contribution is -2.36. The topological polar surface area (TPSA) is 111 Å². The van der Waals surface area contributed by atoms with Gasteiger partial charge < -0.3 is 19.5 Å². The molecule has 0 radical (unpaired) electrons. The number of carbonyl (C=O) groups is 4. The molecule has 1 fully saturated rings. The first-order valence-corrected chi connectivity index (χ1v) is 16.6. The molecule has 1 aliphatic rings. The van der Waals surface area contributed by atoms with Crippen LogP contribution in [0.4, 0.5) is 10.5 Å². The quantitative estimate of drug-likeness (QED) is 0.110. The molecule has 1 N–H and O–H groups in total. The number of imide groups is 1. The number of nitrogens with one attached hydrogen (secondary N) is 1. The predicted molar refractivity (Wildman–Crippen MR) is 184 cm³/mol. The number of benzene rings is 3. The number of amides is 3. The van der Waals surface area contributed by atoms with Gasteiger partial charge in [0.05, 0.1) is 32.3 Å². The lowest BCUT2D eigenvalue weighted by Gasteiger charge is -2.15. The van der Waals surface area contributed by atoms with Gasteiger partial charge in [0, 0.05) is 21.3 Å². The molecule has 0 aromatic heterocycles. The number of hydrogen-bond donors (Lipinski definition) is 1. The van der Waals surface area contributed by atoms with Crippen LogP contribution in [0.5, 0.6) is 11.5 Å². The van der Waals surface area contributed by atoms with Gasteiger partial charge in [-0.05, 0) is 102 Å². The first-order chi connectivity index (χ1) is 21.5. The summed E-state index contributed by atoms with van der Waals surface area (Å²) in [6.07, 6.45) is 2.19. The standard InChI is InChI=1S/C31H26Cl3IN2O7S/c1-3-9-43-30(40)21-14-20(7-8-22(21)33)36-27(38)15-37-29(39)26(45-31(37)41)12-17-10-24(35)28(25(11-17)42-4-2)44-16-18-5-6-19(32)13-23(18)34/h5-8,10-14H,3-4,9,15-16H2,1-2H3,(H,36,38)/b26-12+. The van der Waals surface area contributed by atoms with Crippen molar-refractivity contribution in [2.45, 2.75) is 26.9 Å². The first kappa shape index (κ1) is 34.9. The molecule has 0 unspecified atom stereocenters. The van der Waals surface area contributed by atoms with Gasteiger partial charge in [-0.15, -0.1) is 0 Å². The summed E-state index contributed by atoms with van der Waals surface area (Å²) in [5, 5.41) is 3.15. The van der Waals surface area contributed by atoms with Crippen molar-refractivity contribution in [3.63, 3.8) is 0 Å². The number of hydrogen-bond acceptors (Lipinski definition) is 8. The van der Waals surface area contributed by atoms with Crippen molar-refractivity contribution < 1.29 is 33.4 Å². The maximum atomic E-state index is 13.2. The summed E-state index contributed by atoms with van der Waals surface area (Å²) in [4.78, 5) is 51.9. The number of ether oxygens (including phenoxy) is 3. The van der Waals surface area contributed by atoms with Crippen LogP contribution in [0.15, 0.2) is 53.4 Å². The normalized spacial score (nSPS) is 13.7. The van der Waals surface area contributed by atoms with Crippen molar-refractivity contribution in [1.82, 2.24) is 4.90 Å². The highest BCUT2D eigenvalue weighted by molar-refractivity contribution is 14.1. The van der Waals surface area contributed by atoms with Gasteiger partial charge in [0.1, 0.15) is 13.2 Å². The van der Waals surface area contributed by atoms with Gasteiger partial charge in [0.15, 0.2) is 11.5 Å². The maximum Gasteiger partial charge on any atom is 0.339 e. The minimum absolute atomic E-state index is 0.0864. The zero-order valence-electron chi connectivity index (χ0n) is 24.0. The van der Waals surface area contributed by atoms with Gasteiger partial charge in [-0.1, -0.05) is 47.8 Å². The van der Waals surface area contributed by atoms with Crippen LogP contribution in [0.3, 0.4) is 0 Å². The second kappa shape index (κ2) is 16.0. The molecule has 3 aromatic carbocycles. The van der Waals surface area contributed by atoms with Crippen LogP contribution in [0, 0.1) is 3.57 Å². The Morgan fingerprint density at radius 2 is 1.78 bits per heavy atom. The Labute approximate surface area is 292 Å². The van der Waals surface area contributed by atoms with Crippen LogP contribution < -0.4 is 14.8 Å². The number of halogens is 4. The molecule has 9 nitrogen and oxygen atoms in total. The van der Waals surface area contributed by atoms with Crippen LogP contribution in [0.2, 0.25) is 15.1 Å². The molecule has 45 heavy (non-hydrogen) atoms. The summed E-state index contributed by atoms with van der Waals surface area (Å²) >= 11 is 21.2. The number of nitrogens with zero attached hydrogens (tertiary/aromatic N) is 1. The van der Waals surface area contributed by atoms with Gasteiger partial charge in [-0.2, -0.15) is 0 Å². The maximum absolute atomic E-state index is 13.2. The fraction of sp³-hybridized carbons (Fsp3) is 0.226. The zero-order valence-corrected chi connectivity index (χ0v) is 29.2. The van der Waals surface area contributed by atoms with Crippen LogP contribution in [-0.4, -0.2) is 47.7 Å². The van der Waals surface area contributed by atoms with Gasteiger partial charge in [-0.3, -0.25) is 19.3 Å². The largest absolute Gasteiger partial charge is 0.490 e. The lowest BCUT2D eigenvalue weighted by molar-refractivity contribution is -0.127. The molecule has 0 spiro atoms. The molecule has 0 atom stereocenters. The molecule has 0 aliphatic carbocycles. The molecular formula is C31H26Cl3IN2O7S. The number of esters is 1. The summed E-state index contributed by atoms with van der Waals surface area (Å²) in [5.74, 6) is -0.939. The van der Waals surface area contributed by atoms with E-state index < -0.39 is 29.6 Å². The second-order valence-corrected chi connectivity index (χ2v) is 12.8. The molecule has 3 aromatic rings. The first-order valence-electron chi connectivity index (χ1n) is 13.6. The summed E-state index contributed by atoms with van der Waals surface area (Å²) < 4.78 is 17.7. The van der Waals surface area contributed by atoms with E-state index in [1.807, 2.05) is 13.8 Å². The van der Waals surface area contributed by atoms with Crippen molar-refractivity contribution in [3.8, 4) is 11.5 Å². The van der Waals surface area contributed by atoms with E-state index in [1.54, 1.807) is 36.4 Å². The highest BCUT2D eigenvalue weighted by Crippen LogP contribution is 2.38. The van der Waals surface area contributed by atoms with Crippen LogP contribution in [0.25, 0.3) is 6.08 Å². The van der Waals surface area contributed by atoms with Gasteiger partial charge >= 0.3 is 5.97 Å². The highest BCUT2D eigenvalue weighted by atomic mass is 127. The van der Waals surface area contributed by atoms with E-state index in [-0.39, 0.29) is 34.4 Å². The molecule has 0 saturated carbocycles. The second-order valence-electron chi connectivity index (χ2n) is 9.43. The molecular weight excluding hydrogens is 778 g/mol. The molecule has 1 heterocycles. The van der Waals surface area contributed by atoms with Crippen molar-refractivity contribution in [2.24, 2.45) is 0 Å². The van der Waals surface area contributed by atoms with E-state index in [1.165, 1.54) is 18.2 Å². The Balaban J connectivity index is 1.46. The Kier molecular flexibility index (Phi) is 12.4. The minimum atomic E-state index is -0.635. The summed E-state index contributed by atoms with van der Waals surface area (Å²) in [6.45, 7) is 3.92. The average Bonchev–Trinajstić information content (AvgIpc) is 3.24. The van der Waals surface area contributed by atoms with E-state index in [2.05, 4.69) is 27.9 Å². The van der Waals surface area contributed by atoms with Crippen molar-refractivity contribution in [2.75, 3.05) is 25.1 Å². The van der Waals surface area contributed by atoms with Gasteiger partial charge in [-0.25, -0.2) is 4.79 Å². The van der Waals surface area contributed by atoms with E-state index in [4.69, 9.17) is 49.0 Å². The fourth-order valence-corrected chi connectivity index (χ4v) is 6.30. The molecule has 1 saturated heterocycles. The number of rotatable bonds is 12. The Morgan fingerprint density at radius 3 is 2.49 bits per heavy atom. The molecule has 14 heteroatoms. The van der Waals surface area contributed by atoms with Gasteiger partial charge in [0.2, 0.25) is 5.91 Å². The third-order valence-corrected chi connectivity index (χ3v) is 8.72. The molecule has 3 amide bonds. The van der Waals surface area contributed by atoms with Crippen LogP contribution in [0.1, 0.15) is 41.8 Å². The molecule has 1 aliphatic heterocycles. The van der Waals surface area contributed by atoms with E-state index >= 15 is 0 Å². The third kappa shape index (κ3) is 9.07. The smallest absolute Gasteiger partial charge is 0.339 e. The van der Waals surface area contributed by atoms with Crippen LogP contribution >= 0.6 is 69.2 Å². The SMILES string of the molecule is CCCOC(=O)c1cc(NC(=O)CN2C(=O)S/C(=C/c3cc(I)c(OCc4ccc(Cl)cc4Cl)c(OCC)c3)C2=O)ccc1Cl. The molecule has 0 bridgehead atoms.